The van der Waals surface area contributed by atoms with Crippen LogP contribution in [0.1, 0.15) is 129 Å². The third-order valence-electron chi connectivity index (χ3n) is 5.32. The third kappa shape index (κ3) is 27.5. The minimum absolute atomic E-state index is 0. The summed E-state index contributed by atoms with van der Waals surface area (Å²) in [5, 5.41) is 10.0. The molecule has 0 aromatic heterocycles. The van der Waals surface area contributed by atoms with E-state index >= 15 is 0 Å². The van der Waals surface area contributed by atoms with E-state index < -0.39 is 10.1 Å². The van der Waals surface area contributed by atoms with Crippen molar-refractivity contribution in [1.29, 1.82) is 0 Å². The molecule has 0 saturated heterocycles. The maximum Gasteiger partial charge on any atom is 1.00 e. The normalized spacial score (nSPS) is 12.7. The van der Waals surface area contributed by atoms with Crippen LogP contribution in [-0.2, 0) is 10.1 Å². The average Bonchev–Trinajstić information content (AvgIpc) is 2.61. The van der Waals surface area contributed by atoms with Crippen LogP contribution >= 0.6 is 0 Å². The number of unbranched alkanes of at least 4 members (excludes halogenated alkanes) is 15. The van der Waals surface area contributed by atoms with Crippen molar-refractivity contribution in [2.45, 2.75) is 135 Å². The van der Waals surface area contributed by atoms with E-state index in [9.17, 15) is 18.1 Å². The Hall–Kier alpha value is 1.51. The molecule has 0 radical (unpaired) electrons. The van der Waals surface area contributed by atoms with Gasteiger partial charge in [-0.15, -0.1) is 0 Å². The topological polar surface area (TPSA) is 77.4 Å². The molecule has 0 aliphatic carbocycles. The molecule has 0 fully saturated rings. The van der Waals surface area contributed by atoms with E-state index in [1.165, 1.54) is 57.8 Å². The van der Waals surface area contributed by atoms with Gasteiger partial charge in [-0.05, 0) is 19.3 Å². The molecule has 164 valence electrons. The smallest absolute Gasteiger partial charge is 0.748 e. The van der Waals surface area contributed by atoms with Gasteiger partial charge in [0, 0.05) is 5.75 Å². The van der Waals surface area contributed by atoms with E-state index in [2.05, 4.69) is 6.92 Å². The second-order valence-corrected chi connectivity index (χ2v) is 9.67. The van der Waals surface area contributed by atoms with Gasteiger partial charge in [-0.3, -0.25) is 0 Å². The molecule has 0 aliphatic heterocycles. The summed E-state index contributed by atoms with van der Waals surface area (Å²) in [6.07, 6.45) is 21.8. The number of hydrogen-bond acceptors (Lipinski definition) is 4. The van der Waals surface area contributed by atoms with Crippen molar-refractivity contribution in [2.24, 2.45) is 0 Å². The van der Waals surface area contributed by atoms with Crippen molar-refractivity contribution in [3.63, 3.8) is 0 Å². The van der Waals surface area contributed by atoms with Crippen LogP contribution in [0.4, 0.5) is 0 Å². The summed E-state index contributed by atoms with van der Waals surface area (Å²) in [5.41, 5.74) is 0. The monoisotopic (exact) mass is 444 g/mol. The van der Waals surface area contributed by atoms with Crippen molar-refractivity contribution < 1.29 is 69.5 Å². The third-order valence-corrected chi connectivity index (χ3v) is 6.11. The average molecular weight is 445 g/mol. The second kappa shape index (κ2) is 23.2. The van der Waals surface area contributed by atoms with E-state index in [1.807, 2.05) is 0 Å². The first kappa shape index (κ1) is 31.7. The molecule has 0 aromatic rings. The van der Waals surface area contributed by atoms with E-state index in [1.54, 1.807) is 0 Å². The Balaban J connectivity index is 0. The zero-order valence-corrected chi connectivity index (χ0v) is 22.7. The van der Waals surface area contributed by atoms with Gasteiger partial charge < -0.3 is 9.66 Å². The summed E-state index contributed by atoms with van der Waals surface area (Å²) in [6.45, 7) is 2.26. The first-order chi connectivity index (χ1) is 13.0. The van der Waals surface area contributed by atoms with Crippen molar-refractivity contribution >= 4 is 10.1 Å². The molecule has 0 rings (SSSR count). The van der Waals surface area contributed by atoms with E-state index in [-0.39, 0.29) is 63.2 Å². The molecule has 0 spiro atoms. The molecule has 1 atom stereocenters. The van der Waals surface area contributed by atoms with Gasteiger partial charge in [0.05, 0.1) is 16.2 Å². The Morgan fingerprint density at radius 1 is 0.643 bits per heavy atom. The molecule has 1 N–H and O–H groups in total. The Kier molecular flexibility index (Phi) is 26.2. The standard InChI is InChI=1S/C22H46O4S.K/c1-2-3-4-5-6-7-8-10-13-16-19-22(23)20-17-14-11-9-12-15-18-21-27(24,25)26;/h22-23H,2-21H2,1H3,(H,24,25,26);/q;+1/p-1. The first-order valence-electron chi connectivity index (χ1n) is 11.6. The van der Waals surface area contributed by atoms with Crippen LogP contribution in [0.5, 0.6) is 0 Å². The van der Waals surface area contributed by atoms with Crippen LogP contribution in [-0.4, -0.2) is 29.9 Å². The number of aliphatic hydroxyl groups is 1. The fourth-order valence-electron chi connectivity index (χ4n) is 3.55. The zero-order valence-electron chi connectivity index (χ0n) is 18.8. The predicted molar refractivity (Wildman–Crippen MR) is 114 cm³/mol. The SMILES string of the molecule is CCCCCCCCCCCCC(O)CCCCCCCCCS(=O)(=O)[O-].[K+]. The summed E-state index contributed by atoms with van der Waals surface area (Å²) in [6, 6.07) is 0. The molecule has 0 aliphatic rings. The van der Waals surface area contributed by atoms with Crippen LogP contribution in [0.2, 0.25) is 0 Å². The summed E-state index contributed by atoms with van der Waals surface area (Å²) < 4.78 is 31.4. The predicted octanol–water partition coefficient (Wildman–Crippen LogP) is 3.33. The Labute approximate surface area is 218 Å². The van der Waals surface area contributed by atoms with Crippen LogP contribution in [0.25, 0.3) is 0 Å². The van der Waals surface area contributed by atoms with Crippen molar-refractivity contribution in [1.82, 2.24) is 0 Å². The van der Waals surface area contributed by atoms with Gasteiger partial charge in [0.1, 0.15) is 0 Å². The minimum Gasteiger partial charge on any atom is -0.748 e. The molecule has 0 saturated carbocycles. The van der Waals surface area contributed by atoms with Crippen molar-refractivity contribution in [3.8, 4) is 0 Å². The van der Waals surface area contributed by atoms with Crippen molar-refractivity contribution in [3.05, 3.63) is 0 Å². The fourth-order valence-corrected chi connectivity index (χ4v) is 4.11. The molecule has 1 unspecified atom stereocenters. The molecule has 0 bridgehead atoms. The van der Waals surface area contributed by atoms with Crippen LogP contribution in [0.3, 0.4) is 0 Å². The summed E-state index contributed by atoms with van der Waals surface area (Å²) in [7, 11) is -4.03. The molecular formula is C22H45KO4S. The van der Waals surface area contributed by atoms with Crippen LogP contribution in [0.15, 0.2) is 0 Å². The molecule has 6 heteroatoms. The minimum atomic E-state index is -4.03. The van der Waals surface area contributed by atoms with Gasteiger partial charge in [0.2, 0.25) is 0 Å². The fraction of sp³-hybridized carbons (Fsp3) is 1.00. The van der Waals surface area contributed by atoms with Crippen molar-refractivity contribution in [2.75, 3.05) is 5.75 Å². The summed E-state index contributed by atoms with van der Waals surface area (Å²) in [5.74, 6) is -0.224. The van der Waals surface area contributed by atoms with Crippen LogP contribution < -0.4 is 51.4 Å². The van der Waals surface area contributed by atoms with Gasteiger partial charge >= 0.3 is 51.4 Å². The summed E-state index contributed by atoms with van der Waals surface area (Å²) in [4.78, 5) is 0. The molecule has 0 amide bonds. The number of hydrogen-bond donors (Lipinski definition) is 1. The van der Waals surface area contributed by atoms with Gasteiger partial charge in [-0.25, -0.2) is 8.42 Å². The summed E-state index contributed by atoms with van der Waals surface area (Å²) >= 11 is 0. The van der Waals surface area contributed by atoms with Crippen LogP contribution in [0, 0.1) is 0 Å². The van der Waals surface area contributed by atoms with Gasteiger partial charge in [0.25, 0.3) is 0 Å². The maximum atomic E-state index is 10.5. The maximum absolute atomic E-state index is 10.5. The Morgan fingerprint density at radius 2 is 0.964 bits per heavy atom. The van der Waals surface area contributed by atoms with E-state index in [0.29, 0.717) is 6.42 Å². The molecular weight excluding hydrogens is 399 g/mol. The molecule has 0 heterocycles. The molecule has 0 aromatic carbocycles. The first-order valence-corrected chi connectivity index (χ1v) is 13.1. The second-order valence-electron chi connectivity index (χ2n) is 8.15. The quantitative estimate of drug-likeness (QED) is 0.167. The number of rotatable bonds is 21. The van der Waals surface area contributed by atoms with E-state index in [0.717, 1.165) is 57.8 Å². The van der Waals surface area contributed by atoms with E-state index in [4.69, 9.17) is 0 Å². The van der Waals surface area contributed by atoms with Gasteiger partial charge in [-0.2, -0.15) is 0 Å². The Bertz CT molecular complexity index is 401. The zero-order chi connectivity index (χ0) is 20.2. The molecule has 28 heavy (non-hydrogen) atoms. The van der Waals surface area contributed by atoms with Gasteiger partial charge in [0.15, 0.2) is 0 Å². The van der Waals surface area contributed by atoms with Gasteiger partial charge in [-0.1, -0.05) is 110 Å². The Morgan fingerprint density at radius 3 is 1.32 bits per heavy atom. The number of aliphatic hydroxyl groups excluding tert-OH is 1. The largest absolute Gasteiger partial charge is 1.00 e. The molecule has 4 nitrogen and oxygen atoms in total.